The molecule has 0 saturated carbocycles. The highest BCUT2D eigenvalue weighted by atomic mass is 19.1. The van der Waals surface area contributed by atoms with Crippen LogP contribution in [0, 0.1) is 23.0 Å². The Morgan fingerprint density at radius 1 is 1.18 bits per heavy atom. The number of hydrogen-bond donors (Lipinski definition) is 5. The molecule has 0 bridgehead atoms. The average Bonchev–Trinajstić information content (AvgIpc) is 3.31. The van der Waals surface area contributed by atoms with E-state index in [0.717, 1.165) is 5.56 Å². The number of carbonyl (C=O) groups is 2. The van der Waals surface area contributed by atoms with Crippen LogP contribution in [0.1, 0.15) is 57.9 Å². The Bertz CT molecular complexity index is 1440. The molecule has 11 heteroatoms. The van der Waals surface area contributed by atoms with E-state index < -0.39 is 11.9 Å². The van der Waals surface area contributed by atoms with Gasteiger partial charge in [-0.15, -0.1) is 0 Å². The van der Waals surface area contributed by atoms with Crippen LogP contribution in [0.3, 0.4) is 0 Å². The van der Waals surface area contributed by atoms with E-state index in [9.17, 15) is 19.2 Å². The number of rotatable bonds is 7. The van der Waals surface area contributed by atoms with Crippen LogP contribution in [0.4, 0.5) is 19.4 Å². The summed E-state index contributed by atoms with van der Waals surface area (Å²) in [6.45, 7) is 2.50. The topological polar surface area (TPSA) is 131 Å². The second kappa shape index (κ2) is 11.0. The Morgan fingerprint density at radius 3 is 2.72 bits per heavy atom. The first-order chi connectivity index (χ1) is 18.8. The highest BCUT2D eigenvalue weighted by Gasteiger charge is 2.38. The molecule has 3 unspecified atom stereocenters. The van der Waals surface area contributed by atoms with Gasteiger partial charge in [0.15, 0.2) is 0 Å². The van der Waals surface area contributed by atoms with Crippen molar-refractivity contribution in [2.45, 2.75) is 44.1 Å². The normalized spacial score (nSPS) is 20.7. The zero-order valence-electron chi connectivity index (χ0n) is 21.1. The third kappa shape index (κ3) is 5.81. The number of benzene rings is 2. The lowest BCUT2D eigenvalue weighted by Gasteiger charge is -2.32. The zero-order chi connectivity index (χ0) is 27.5. The van der Waals surface area contributed by atoms with Gasteiger partial charge in [-0.1, -0.05) is 24.3 Å². The van der Waals surface area contributed by atoms with Crippen molar-refractivity contribution in [1.82, 2.24) is 26.3 Å². The molecule has 2 fully saturated rings. The first-order valence-corrected chi connectivity index (χ1v) is 12.6. The van der Waals surface area contributed by atoms with Gasteiger partial charge in [-0.05, 0) is 54.3 Å². The molecule has 0 spiro atoms. The third-order valence-electron chi connectivity index (χ3n) is 7.07. The predicted molar refractivity (Wildman–Crippen MR) is 140 cm³/mol. The van der Waals surface area contributed by atoms with Crippen LogP contribution < -0.4 is 26.6 Å². The van der Waals surface area contributed by atoms with Gasteiger partial charge in [-0.25, -0.2) is 18.6 Å². The van der Waals surface area contributed by atoms with Gasteiger partial charge >= 0.3 is 6.03 Å². The van der Waals surface area contributed by atoms with E-state index in [-0.39, 0.29) is 59.3 Å². The van der Waals surface area contributed by atoms with E-state index in [1.54, 1.807) is 25.1 Å². The molecule has 3 aromatic rings. The number of halogens is 2. The van der Waals surface area contributed by atoms with Gasteiger partial charge in [0.25, 0.3) is 5.91 Å². The molecular formula is C28H27F2N7O2. The Morgan fingerprint density at radius 2 is 1.97 bits per heavy atom. The Balaban J connectivity index is 1.27. The quantitative estimate of drug-likeness (QED) is 0.318. The molecule has 3 amide bonds. The minimum Gasteiger partial charge on any atom is -0.365 e. The first-order valence-electron chi connectivity index (χ1n) is 12.6. The van der Waals surface area contributed by atoms with E-state index in [0.29, 0.717) is 24.1 Å². The number of fused-ring (bicyclic) bond motifs is 1. The van der Waals surface area contributed by atoms with Crippen LogP contribution in [0.2, 0.25) is 0 Å². The Kier molecular flexibility index (Phi) is 7.38. The highest BCUT2D eigenvalue weighted by molar-refractivity contribution is 5.99. The van der Waals surface area contributed by atoms with Gasteiger partial charge in [0.05, 0.1) is 23.2 Å². The maximum absolute atomic E-state index is 15.1. The van der Waals surface area contributed by atoms with Gasteiger partial charge in [0, 0.05) is 25.2 Å². The lowest BCUT2D eigenvalue weighted by Crippen LogP contribution is -2.52. The standard InChI is InChI=1S/C28H27F2N7O2/c1-15(18-3-5-20(29)6-4-18)35-27(38)22-8-17(11-31)13-33-25(22)32-12-16-2-7-21(23(30)9-16)19-10-24-26(34-14-19)37-28(39)36-24/h2-9,13,15,19,24,26,34H,10,12,14H2,1H3,(H,32,33)(H,35,38)(H2,36,37,39)/t15-,19?,24?,26?/m0/s1. The van der Waals surface area contributed by atoms with E-state index in [1.165, 1.54) is 30.5 Å². The molecule has 2 saturated heterocycles. The van der Waals surface area contributed by atoms with Crippen molar-refractivity contribution < 1.29 is 18.4 Å². The van der Waals surface area contributed by atoms with Crippen LogP contribution in [0.15, 0.2) is 54.7 Å². The first kappa shape index (κ1) is 26.1. The summed E-state index contributed by atoms with van der Waals surface area (Å²) < 4.78 is 28.4. The van der Waals surface area contributed by atoms with Gasteiger partial charge in [-0.2, -0.15) is 5.26 Å². The maximum atomic E-state index is 15.1. The lowest BCUT2D eigenvalue weighted by molar-refractivity contribution is 0.0940. The van der Waals surface area contributed by atoms with Gasteiger partial charge in [0.1, 0.15) is 29.7 Å². The van der Waals surface area contributed by atoms with Gasteiger partial charge in [-0.3, -0.25) is 10.1 Å². The number of carbonyl (C=O) groups excluding carboxylic acids is 2. The summed E-state index contributed by atoms with van der Waals surface area (Å²) in [6, 6.07) is 13.5. The molecule has 0 aliphatic carbocycles. The molecule has 3 heterocycles. The molecule has 2 aliphatic heterocycles. The van der Waals surface area contributed by atoms with Crippen molar-refractivity contribution in [3.8, 4) is 6.07 Å². The number of aromatic nitrogens is 1. The van der Waals surface area contributed by atoms with Crippen molar-refractivity contribution in [1.29, 1.82) is 5.26 Å². The molecule has 2 aliphatic rings. The lowest BCUT2D eigenvalue weighted by atomic mass is 9.87. The fourth-order valence-electron chi connectivity index (χ4n) is 4.97. The van der Waals surface area contributed by atoms with Gasteiger partial charge < -0.3 is 21.3 Å². The number of anilines is 1. The van der Waals surface area contributed by atoms with Crippen LogP contribution in [0.25, 0.3) is 0 Å². The fraction of sp³-hybridized carbons (Fsp3) is 0.286. The number of nitrogens with one attached hydrogen (secondary N) is 5. The largest absolute Gasteiger partial charge is 0.365 e. The van der Waals surface area contributed by atoms with Crippen LogP contribution in [-0.2, 0) is 6.54 Å². The van der Waals surface area contributed by atoms with Crippen molar-refractivity contribution >= 4 is 17.8 Å². The molecule has 4 atom stereocenters. The van der Waals surface area contributed by atoms with Crippen molar-refractivity contribution in [3.63, 3.8) is 0 Å². The van der Waals surface area contributed by atoms with Crippen molar-refractivity contribution in [2.75, 3.05) is 11.9 Å². The monoisotopic (exact) mass is 531 g/mol. The number of piperidine rings is 1. The second-order valence-corrected chi connectivity index (χ2v) is 9.73. The molecule has 5 rings (SSSR count). The summed E-state index contributed by atoms with van der Waals surface area (Å²) in [5.41, 5.74) is 2.31. The summed E-state index contributed by atoms with van der Waals surface area (Å²) >= 11 is 0. The third-order valence-corrected chi connectivity index (χ3v) is 7.07. The van der Waals surface area contributed by atoms with E-state index in [4.69, 9.17) is 0 Å². The van der Waals surface area contributed by atoms with E-state index in [1.807, 2.05) is 12.1 Å². The smallest absolute Gasteiger partial charge is 0.316 e. The molecule has 2 aromatic carbocycles. The molecular weight excluding hydrogens is 504 g/mol. The van der Waals surface area contributed by atoms with Gasteiger partial charge in [0.2, 0.25) is 0 Å². The average molecular weight is 532 g/mol. The molecule has 1 aromatic heterocycles. The summed E-state index contributed by atoms with van der Waals surface area (Å²) in [5.74, 6) is -1.03. The van der Waals surface area contributed by atoms with Crippen LogP contribution in [-0.4, -0.2) is 35.7 Å². The predicted octanol–water partition coefficient (Wildman–Crippen LogP) is 3.42. The number of hydrogen-bond acceptors (Lipinski definition) is 6. The molecule has 200 valence electrons. The number of nitrogens with zero attached hydrogens (tertiary/aromatic N) is 2. The number of nitriles is 1. The van der Waals surface area contributed by atoms with E-state index >= 15 is 4.39 Å². The molecule has 0 radical (unpaired) electrons. The zero-order valence-corrected chi connectivity index (χ0v) is 21.1. The fourth-order valence-corrected chi connectivity index (χ4v) is 4.97. The molecule has 5 N–H and O–H groups in total. The maximum Gasteiger partial charge on any atom is 0.316 e. The summed E-state index contributed by atoms with van der Waals surface area (Å²) in [5, 5.41) is 24.1. The minimum absolute atomic E-state index is 0.0907. The Labute approximate surface area is 224 Å². The van der Waals surface area contributed by atoms with Crippen LogP contribution >= 0.6 is 0 Å². The summed E-state index contributed by atoms with van der Waals surface area (Å²) in [6.07, 6.45) is 1.83. The minimum atomic E-state index is -0.461. The van der Waals surface area contributed by atoms with E-state index in [2.05, 4.69) is 31.6 Å². The SMILES string of the molecule is C[C@H](NC(=O)c1cc(C#N)cnc1NCc1ccc(C2CNC3NC(=O)NC3C2)c(F)c1)c1ccc(F)cc1. The summed E-state index contributed by atoms with van der Waals surface area (Å²) in [7, 11) is 0. The molecule has 9 nitrogen and oxygen atoms in total. The number of amides is 3. The number of urea groups is 1. The summed E-state index contributed by atoms with van der Waals surface area (Å²) in [4.78, 5) is 28.9. The highest BCUT2D eigenvalue weighted by Crippen LogP contribution is 2.29. The van der Waals surface area contributed by atoms with Crippen molar-refractivity contribution in [2.24, 2.45) is 0 Å². The Hall–Kier alpha value is -4.56. The number of pyridine rings is 1. The molecule has 39 heavy (non-hydrogen) atoms. The second-order valence-electron chi connectivity index (χ2n) is 9.73. The van der Waals surface area contributed by atoms with Crippen molar-refractivity contribution in [3.05, 3.63) is 94.2 Å². The van der Waals surface area contributed by atoms with Crippen LogP contribution in [0.5, 0.6) is 0 Å².